The lowest BCUT2D eigenvalue weighted by molar-refractivity contribution is -0.116. The van der Waals surface area contributed by atoms with E-state index in [0.717, 1.165) is 12.8 Å². The maximum atomic E-state index is 12.3. The first-order chi connectivity index (χ1) is 14.1. The number of carbonyl (C=O) groups excluding carboxylic acids is 3. The third-order valence-corrected chi connectivity index (χ3v) is 5.08. The Morgan fingerprint density at radius 2 is 1.52 bits per heavy atom. The third kappa shape index (κ3) is 6.29. The van der Waals surface area contributed by atoms with Crippen LogP contribution in [0.1, 0.15) is 38.4 Å². The number of amides is 3. The van der Waals surface area contributed by atoms with Crippen LogP contribution in [0.15, 0.2) is 72.1 Å². The number of hydrazine groups is 1. The van der Waals surface area contributed by atoms with Gasteiger partial charge in [0.05, 0.1) is 0 Å². The number of benzene rings is 2. The average Bonchev–Trinajstić information content (AvgIpc) is 3.26. The van der Waals surface area contributed by atoms with E-state index in [0.29, 0.717) is 23.2 Å². The first-order valence-electron chi connectivity index (χ1n) is 9.20. The molecule has 7 heteroatoms. The number of carbonyl (C=O) groups is 3. The van der Waals surface area contributed by atoms with Gasteiger partial charge in [-0.3, -0.25) is 25.2 Å². The van der Waals surface area contributed by atoms with Gasteiger partial charge in [-0.2, -0.15) is 0 Å². The Balaban J connectivity index is 1.48. The Labute approximate surface area is 172 Å². The van der Waals surface area contributed by atoms with Gasteiger partial charge in [0.15, 0.2) is 0 Å². The summed E-state index contributed by atoms with van der Waals surface area (Å²) < 4.78 is 0. The van der Waals surface area contributed by atoms with Crippen LogP contribution in [-0.2, 0) is 11.2 Å². The van der Waals surface area contributed by atoms with E-state index in [1.165, 1.54) is 4.88 Å². The van der Waals surface area contributed by atoms with Gasteiger partial charge < -0.3 is 5.32 Å². The summed E-state index contributed by atoms with van der Waals surface area (Å²) in [5.74, 6) is -0.978. The summed E-state index contributed by atoms with van der Waals surface area (Å²) in [6.07, 6.45) is 2.04. The lowest BCUT2D eigenvalue weighted by atomic mass is 10.1. The molecule has 0 bridgehead atoms. The van der Waals surface area contributed by atoms with Crippen LogP contribution in [0.25, 0.3) is 0 Å². The molecule has 0 radical (unpaired) electrons. The van der Waals surface area contributed by atoms with Crippen molar-refractivity contribution in [3.63, 3.8) is 0 Å². The Morgan fingerprint density at radius 3 is 2.24 bits per heavy atom. The molecular formula is C22H21N3O3S. The van der Waals surface area contributed by atoms with Gasteiger partial charge in [0.25, 0.3) is 11.8 Å². The van der Waals surface area contributed by atoms with Crippen LogP contribution >= 0.6 is 11.3 Å². The zero-order chi connectivity index (χ0) is 20.5. The van der Waals surface area contributed by atoms with Crippen molar-refractivity contribution in [2.45, 2.75) is 19.3 Å². The second kappa shape index (κ2) is 10.2. The number of hydrogen-bond acceptors (Lipinski definition) is 4. The van der Waals surface area contributed by atoms with E-state index in [1.54, 1.807) is 65.9 Å². The molecule has 0 saturated carbocycles. The fourth-order valence-electron chi connectivity index (χ4n) is 2.69. The zero-order valence-corrected chi connectivity index (χ0v) is 16.5. The van der Waals surface area contributed by atoms with Gasteiger partial charge >= 0.3 is 0 Å². The normalized spacial score (nSPS) is 10.2. The van der Waals surface area contributed by atoms with Crippen molar-refractivity contribution in [3.8, 4) is 0 Å². The predicted molar refractivity (Wildman–Crippen MR) is 114 cm³/mol. The lowest BCUT2D eigenvalue weighted by Crippen LogP contribution is -2.41. The molecule has 3 rings (SSSR count). The minimum atomic E-state index is -0.469. The smallest absolute Gasteiger partial charge is 0.269 e. The quantitative estimate of drug-likeness (QED) is 0.521. The standard InChI is InChI=1S/C22H21N3O3S/c26-20(13-5-11-19-12-6-14-29-19)23-18-10-4-9-17(15-18)22(28)25-24-21(27)16-7-2-1-3-8-16/h1-4,6-10,12,14-15H,5,11,13H2,(H,23,26)(H,24,27)(H,25,28). The molecule has 3 aromatic rings. The largest absolute Gasteiger partial charge is 0.326 e. The Morgan fingerprint density at radius 1 is 0.793 bits per heavy atom. The van der Waals surface area contributed by atoms with Crippen LogP contribution in [-0.4, -0.2) is 17.7 Å². The topological polar surface area (TPSA) is 87.3 Å². The number of anilines is 1. The number of thiophene rings is 1. The van der Waals surface area contributed by atoms with E-state index in [1.807, 2.05) is 11.4 Å². The zero-order valence-electron chi connectivity index (χ0n) is 15.7. The molecule has 0 unspecified atom stereocenters. The van der Waals surface area contributed by atoms with Gasteiger partial charge in [0.2, 0.25) is 5.91 Å². The van der Waals surface area contributed by atoms with Crippen molar-refractivity contribution in [2.24, 2.45) is 0 Å². The summed E-state index contributed by atoms with van der Waals surface area (Å²) in [7, 11) is 0. The summed E-state index contributed by atoms with van der Waals surface area (Å²) in [5.41, 5.74) is 6.06. The van der Waals surface area contributed by atoms with Gasteiger partial charge in [-0.15, -0.1) is 11.3 Å². The van der Waals surface area contributed by atoms with Crippen molar-refractivity contribution < 1.29 is 14.4 Å². The second-order valence-corrected chi connectivity index (χ2v) is 7.37. The van der Waals surface area contributed by atoms with Gasteiger partial charge in [0, 0.05) is 28.1 Å². The first kappa shape index (κ1) is 20.3. The Hall–Kier alpha value is -3.45. The average molecular weight is 407 g/mol. The molecule has 29 heavy (non-hydrogen) atoms. The van der Waals surface area contributed by atoms with E-state index in [2.05, 4.69) is 22.2 Å². The highest BCUT2D eigenvalue weighted by molar-refractivity contribution is 7.09. The summed E-state index contributed by atoms with van der Waals surface area (Å²) in [5, 5.41) is 4.83. The van der Waals surface area contributed by atoms with E-state index in [-0.39, 0.29) is 5.91 Å². The first-order valence-corrected chi connectivity index (χ1v) is 10.1. The van der Waals surface area contributed by atoms with E-state index >= 15 is 0 Å². The molecule has 2 aromatic carbocycles. The van der Waals surface area contributed by atoms with Crippen LogP contribution < -0.4 is 16.2 Å². The third-order valence-electron chi connectivity index (χ3n) is 4.14. The highest BCUT2D eigenvalue weighted by atomic mass is 32.1. The van der Waals surface area contributed by atoms with Crippen LogP contribution in [0.4, 0.5) is 5.69 Å². The number of nitrogens with one attached hydrogen (secondary N) is 3. The Bertz CT molecular complexity index is 972. The van der Waals surface area contributed by atoms with Crippen molar-refractivity contribution in [1.29, 1.82) is 0 Å². The SMILES string of the molecule is O=C(CCCc1cccs1)Nc1cccc(C(=O)NNC(=O)c2ccccc2)c1. The van der Waals surface area contributed by atoms with Crippen LogP contribution in [0.5, 0.6) is 0 Å². The highest BCUT2D eigenvalue weighted by Crippen LogP contribution is 2.14. The van der Waals surface area contributed by atoms with Crippen molar-refractivity contribution in [1.82, 2.24) is 10.9 Å². The lowest BCUT2D eigenvalue weighted by Gasteiger charge is -2.09. The second-order valence-electron chi connectivity index (χ2n) is 6.34. The van der Waals surface area contributed by atoms with Crippen LogP contribution in [0, 0.1) is 0 Å². The molecule has 0 aliphatic heterocycles. The summed E-state index contributed by atoms with van der Waals surface area (Å²) in [6.45, 7) is 0. The predicted octanol–water partition coefficient (Wildman–Crippen LogP) is 3.78. The molecular weight excluding hydrogens is 386 g/mol. The van der Waals surface area contributed by atoms with Crippen molar-refractivity contribution >= 4 is 34.7 Å². The molecule has 3 amide bonds. The molecule has 1 aromatic heterocycles. The van der Waals surface area contributed by atoms with E-state index in [4.69, 9.17) is 0 Å². The highest BCUT2D eigenvalue weighted by Gasteiger charge is 2.10. The molecule has 0 saturated heterocycles. The molecule has 6 nitrogen and oxygen atoms in total. The van der Waals surface area contributed by atoms with Crippen LogP contribution in [0.2, 0.25) is 0 Å². The monoisotopic (exact) mass is 407 g/mol. The maximum Gasteiger partial charge on any atom is 0.269 e. The van der Waals surface area contributed by atoms with Crippen molar-refractivity contribution in [2.75, 3.05) is 5.32 Å². The number of aryl methyl sites for hydroxylation is 1. The molecule has 0 aliphatic rings. The molecule has 0 spiro atoms. The van der Waals surface area contributed by atoms with E-state index in [9.17, 15) is 14.4 Å². The van der Waals surface area contributed by atoms with Gasteiger partial charge in [-0.25, -0.2) is 0 Å². The molecule has 0 fully saturated rings. The van der Waals surface area contributed by atoms with Gasteiger partial charge in [0.1, 0.15) is 0 Å². The summed E-state index contributed by atoms with van der Waals surface area (Å²) in [6, 6.07) is 19.2. The molecule has 148 valence electrons. The van der Waals surface area contributed by atoms with Crippen molar-refractivity contribution in [3.05, 3.63) is 88.1 Å². The van der Waals surface area contributed by atoms with Gasteiger partial charge in [-0.05, 0) is 54.6 Å². The minimum absolute atomic E-state index is 0.100. The van der Waals surface area contributed by atoms with Crippen LogP contribution in [0.3, 0.4) is 0 Å². The minimum Gasteiger partial charge on any atom is -0.326 e. The summed E-state index contributed by atoms with van der Waals surface area (Å²) >= 11 is 1.68. The summed E-state index contributed by atoms with van der Waals surface area (Å²) in [4.78, 5) is 37.7. The molecule has 1 heterocycles. The molecule has 0 atom stereocenters. The van der Waals surface area contributed by atoms with Gasteiger partial charge in [-0.1, -0.05) is 30.3 Å². The van der Waals surface area contributed by atoms with E-state index < -0.39 is 11.8 Å². The fraction of sp³-hybridized carbons (Fsp3) is 0.136. The maximum absolute atomic E-state index is 12.3. The molecule has 0 aliphatic carbocycles. The number of rotatable bonds is 7. The Kier molecular flexibility index (Phi) is 7.13. The fourth-order valence-corrected chi connectivity index (χ4v) is 3.44. The number of hydrogen-bond donors (Lipinski definition) is 3. The molecule has 3 N–H and O–H groups in total.